The van der Waals surface area contributed by atoms with Crippen LogP contribution in [0, 0.1) is 12.3 Å². The molecule has 3 rings (SSSR count). The molecule has 1 saturated carbocycles. The minimum Gasteiger partial charge on any atom is -0.324 e. The lowest BCUT2D eigenvalue weighted by atomic mass is 9.92. The molecule has 2 aromatic rings. The average Bonchev–Trinajstić information content (AvgIpc) is 3.10. The van der Waals surface area contributed by atoms with Crippen molar-refractivity contribution in [2.75, 3.05) is 5.32 Å². The molecule has 1 heterocycles. The maximum Gasteiger partial charge on any atom is 0.226 e. The molecule has 1 amide bonds. The van der Waals surface area contributed by atoms with Gasteiger partial charge < -0.3 is 9.88 Å². The van der Waals surface area contributed by atoms with Crippen molar-refractivity contribution in [3.8, 4) is 0 Å². The highest BCUT2D eigenvalue weighted by Gasteiger charge is 2.28. The summed E-state index contributed by atoms with van der Waals surface area (Å²) < 4.78 is 3.39. The summed E-state index contributed by atoms with van der Waals surface area (Å²) in [5.74, 6) is 1.03. The molecule has 1 aliphatic rings. The van der Waals surface area contributed by atoms with Crippen LogP contribution in [-0.2, 0) is 4.79 Å². The number of nitrogens with zero attached hydrogens (tertiary/aromatic N) is 1. The molecule has 1 aromatic heterocycles. The number of hydrogen-bond acceptors (Lipinski definition) is 1. The highest BCUT2D eigenvalue weighted by Crippen LogP contribution is 2.42. The quantitative estimate of drug-likeness (QED) is 0.776. The Bertz CT molecular complexity index is 736. The minimum absolute atomic E-state index is 0.000541. The smallest absolute Gasteiger partial charge is 0.226 e. The third kappa shape index (κ3) is 3.22. The summed E-state index contributed by atoms with van der Waals surface area (Å²) in [5, 5.41) is 4.36. The van der Waals surface area contributed by atoms with Gasteiger partial charge in [0, 0.05) is 22.3 Å². The lowest BCUT2D eigenvalue weighted by Crippen LogP contribution is -2.21. The first kappa shape index (κ1) is 15.6. The second kappa shape index (κ2) is 5.41. The van der Waals surface area contributed by atoms with Crippen molar-refractivity contribution in [2.45, 2.75) is 53.0 Å². The predicted octanol–water partition coefficient (Wildman–Crippen LogP) is 5.42. The fourth-order valence-corrected chi connectivity index (χ4v) is 3.51. The van der Waals surface area contributed by atoms with E-state index in [2.05, 4.69) is 71.7 Å². The first-order valence-corrected chi connectivity index (χ1v) is 8.65. The van der Waals surface area contributed by atoms with Crippen molar-refractivity contribution in [1.82, 2.24) is 4.57 Å². The maximum atomic E-state index is 12.3. The Balaban J connectivity index is 2.00. The molecule has 118 valence electrons. The minimum atomic E-state index is -0.000541. The van der Waals surface area contributed by atoms with Crippen LogP contribution in [0.5, 0.6) is 0 Å². The van der Waals surface area contributed by atoms with Crippen LogP contribution < -0.4 is 5.32 Å². The Morgan fingerprint density at radius 2 is 2.00 bits per heavy atom. The predicted molar refractivity (Wildman–Crippen MR) is 95.3 cm³/mol. The van der Waals surface area contributed by atoms with Gasteiger partial charge in [-0.05, 0) is 48.9 Å². The Morgan fingerprint density at radius 3 is 2.59 bits per heavy atom. The summed E-state index contributed by atoms with van der Waals surface area (Å²) in [6, 6.07) is 6.92. The van der Waals surface area contributed by atoms with E-state index in [0.717, 1.165) is 10.3 Å². The van der Waals surface area contributed by atoms with Crippen molar-refractivity contribution < 1.29 is 4.79 Å². The molecule has 0 radical (unpaired) electrons. The van der Waals surface area contributed by atoms with Crippen molar-refractivity contribution in [3.63, 3.8) is 0 Å². The Kier molecular flexibility index (Phi) is 3.84. The summed E-state index contributed by atoms with van der Waals surface area (Å²) in [4.78, 5) is 12.3. The number of fused-ring (bicyclic) bond motifs is 1. The van der Waals surface area contributed by atoms with Crippen LogP contribution in [0.4, 0.5) is 5.82 Å². The zero-order valence-corrected chi connectivity index (χ0v) is 15.3. The van der Waals surface area contributed by atoms with E-state index in [9.17, 15) is 4.79 Å². The Labute approximate surface area is 140 Å². The molecule has 1 aromatic carbocycles. The second-order valence-electron chi connectivity index (χ2n) is 7.57. The standard InChI is InChI=1S/C18H23BrN2O/c1-11-7-12(19)8-15-14(11)9-16(21(15)13-5-6-13)20-17(22)10-18(2,3)4/h7-9,13H,5-6,10H2,1-4H3,(H,20,22). The van der Waals surface area contributed by atoms with Crippen LogP contribution in [0.3, 0.4) is 0 Å². The fourth-order valence-electron chi connectivity index (χ4n) is 2.95. The molecule has 1 N–H and O–H groups in total. The van der Waals surface area contributed by atoms with Crippen LogP contribution in [0.25, 0.3) is 10.9 Å². The van der Waals surface area contributed by atoms with E-state index in [0.29, 0.717) is 12.5 Å². The number of anilines is 1. The molecule has 0 atom stereocenters. The van der Waals surface area contributed by atoms with E-state index in [-0.39, 0.29) is 11.3 Å². The molecule has 1 aliphatic carbocycles. The molecule has 0 spiro atoms. The normalized spacial score (nSPS) is 15.3. The van der Waals surface area contributed by atoms with Gasteiger partial charge in [-0.3, -0.25) is 4.79 Å². The molecular formula is C18H23BrN2O. The zero-order valence-electron chi connectivity index (χ0n) is 13.7. The van der Waals surface area contributed by atoms with E-state index in [1.165, 1.54) is 29.3 Å². The number of hydrogen-bond donors (Lipinski definition) is 1. The number of aryl methyl sites for hydroxylation is 1. The fraction of sp³-hybridized carbons (Fsp3) is 0.500. The maximum absolute atomic E-state index is 12.3. The van der Waals surface area contributed by atoms with E-state index < -0.39 is 0 Å². The molecule has 0 unspecified atom stereocenters. The van der Waals surface area contributed by atoms with Gasteiger partial charge in [0.2, 0.25) is 5.91 Å². The van der Waals surface area contributed by atoms with E-state index >= 15 is 0 Å². The summed E-state index contributed by atoms with van der Waals surface area (Å²) in [7, 11) is 0. The molecule has 0 aliphatic heterocycles. The van der Waals surface area contributed by atoms with Crippen molar-refractivity contribution in [1.29, 1.82) is 0 Å². The van der Waals surface area contributed by atoms with Gasteiger partial charge in [-0.15, -0.1) is 0 Å². The first-order valence-electron chi connectivity index (χ1n) is 7.85. The molecule has 22 heavy (non-hydrogen) atoms. The first-order chi connectivity index (χ1) is 10.2. The van der Waals surface area contributed by atoms with Gasteiger partial charge in [-0.2, -0.15) is 0 Å². The second-order valence-corrected chi connectivity index (χ2v) is 8.49. The number of amides is 1. The summed E-state index contributed by atoms with van der Waals surface area (Å²) in [5.41, 5.74) is 2.44. The van der Waals surface area contributed by atoms with Gasteiger partial charge >= 0.3 is 0 Å². The zero-order chi connectivity index (χ0) is 16.1. The van der Waals surface area contributed by atoms with E-state index in [4.69, 9.17) is 0 Å². The van der Waals surface area contributed by atoms with Gasteiger partial charge in [-0.1, -0.05) is 36.7 Å². The number of carbonyl (C=O) groups is 1. The summed E-state index contributed by atoms with van der Waals surface area (Å²) >= 11 is 3.59. The third-order valence-electron chi connectivity index (χ3n) is 4.00. The molecule has 3 nitrogen and oxygen atoms in total. The topological polar surface area (TPSA) is 34.0 Å². The summed E-state index contributed by atoms with van der Waals surface area (Å²) in [6.07, 6.45) is 2.91. The number of aromatic nitrogens is 1. The molecular weight excluding hydrogens is 340 g/mol. The SMILES string of the molecule is Cc1cc(Br)cc2c1cc(NC(=O)CC(C)(C)C)n2C1CC1. The van der Waals surface area contributed by atoms with Gasteiger partial charge in [0.15, 0.2) is 0 Å². The monoisotopic (exact) mass is 362 g/mol. The third-order valence-corrected chi connectivity index (χ3v) is 4.46. The van der Waals surface area contributed by atoms with Crippen LogP contribution >= 0.6 is 15.9 Å². The molecule has 4 heteroatoms. The van der Waals surface area contributed by atoms with Gasteiger partial charge in [0.25, 0.3) is 0 Å². The summed E-state index contributed by atoms with van der Waals surface area (Å²) in [6.45, 7) is 8.38. The average molecular weight is 363 g/mol. The van der Waals surface area contributed by atoms with E-state index in [1.54, 1.807) is 0 Å². The van der Waals surface area contributed by atoms with Gasteiger partial charge in [-0.25, -0.2) is 0 Å². The number of rotatable bonds is 3. The van der Waals surface area contributed by atoms with Crippen molar-refractivity contribution >= 4 is 38.6 Å². The largest absolute Gasteiger partial charge is 0.324 e. The van der Waals surface area contributed by atoms with E-state index in [1.807, 2.05) is 0 Å². The number of benzene rings is 1. The Morgan fingerprint density at radius 1 is 1.32 bits per heavy atom. The van der Waals surface area contributed by atoms with Crippen molar-refractivity contribution in [3.05, 3.63) is 28.2 Å². The molecule has 0 saturated heterocycles. The van der Waals surface area contributed by atoms with Crippen LogP contribution in [-0.4, -0.2) is 10.5 Å². The van der Waals surface area contributed by atoms with Gasteiger partial charge in [0.05, 0.1) is 5.52 Å². The highest BCUT2D eigenvalue weighted by molar-refractivity contribution is 9.10. The number of halogens is 1. The molecule has 1 fully saturated rings. The lowest BCUT2D eigenvalue weighted by Gasteiger charge is -2.18. The van der Waals surface area contributed by atoms with Crippen LogP contribution in [0.2, 0.25) is 0 Å². The Hall–Kier alpha value is -1.29. The van der Waals surface area contributed by atoms with Crippen molar-refractivity contribution in [2.24, 2.45) is 5.41 Å². The molecule has 0 bridgehead atoms. The van der Waals surface area contributed by atoms with Gasteiger partial charge in [0.1, 0.15) is 5.82 Å². The van der Waals surface area contributed by atoms with Crippen LogP contribution in [0.15, 0.2) is 22.7 Å². The highest BCUT2D eigenvalue weighted by atomic mass is 79.9. The van der Waals surface area contributed by atoms with Crippen LogP contribution in [0.1, 0.15) is 51.6 Å². The lowest BCUT2D eigenvalue weighted by molar-refractivity contribution is -0.117. The number of nitrogens with one attached hydrogen (secondary N) is 1. The number of carbonyl (C=O) groups excluding carboxylic acids is 1.